The minimum atomic E-state index is 0.873. The predicted octanol–water partition coefficient (Wildman–Crippen LogP) is 18.7. The number of hydrogen-bond acceptors (Lipinski definition) is 6. The molecule has 0 saturated heterocycles. The number of anilines is 6. The average molecular weight is 1010 g/mol. The van der Waals surface area contributed by atoms with Crippen molar-refractivity contribution in [1.82, 2.24) is 19.4 Å². The average Bonchev–Trinajstić information content (AvgIpc) is 4.23. The van der Waals surface area contributed by atoms with E-state index in [-0.39, 0.29) is 0 Å². The van der Waals surface area contributed by atoms with Crippen molar-refractivity contribution < 1.29 is 0 Å². The topological polar surface area (TPSA) is 40.4 Å². The second kappa shape index (κ2) is 19.5. The second-order valence-electron chi connectivity index (χ2n) is 19.6. The molecule has 4 aromatic heterocycles. The van der Waals surface area contributed by atoms with Crippen molar-refractivity contribution in [3.8, 4) is 39.3 Å². The lowest BCUT2D eigenvalue weighted by molar-refractivity contribution is 0.513. The van der Waals surface area contributed by atoms with Gasteiger partial charge in [-0.15, -0.1) is 11.3 Å². The lowest BCUT2D eigenvalue weighted by Crippen LogP contribution is -2.15. The molecule has 7 heteroatoms. The number of aromatic nitrogens is 3. The van der Waals surface area contributed by atoms with E-state index in [1.807, 2.05) is 54.1 Å². The zero-order valence-electron chi connectivity index (χ0n) is 42.3. The van der Waals surface area contributed by atoms with E-state index < -0.39 is 0 Å². The largest absolute Gasteiger partial charge is 0.376 e. The summed E-state index contributed by atoms with van der Waals surface area (Å²) in [6, 6.07) is 87.5. The normalized spacial score (nSPS) is 12.4. The Balaban J connectivity index is 0.919. The Kier molecular flexibility index (Phi) is 11.6. The molecule has 13 aromatic rings. The molecular formula is C70H50N6S. The molecule has 0 N–H and O–H groups in total. The number of hydrogen-bond donors (Lipinski definition) is 0. The summed E-state index contributed by atoms with van der Waals surface area (Å²) in [7, 11) is 2.14. The minimum Gasteiger partial charge on any atom is -0.376 e. The summed E-state index contributed by atoms with van der Waals surface area (Å²) in [5, 5.41) is 5.05. The highest BCUT2D eigenvalue weighted by Gasteiger charge is 2.23. The Labute approximate surface area is 451 Å². The summed E-state index contributed by atoms with van der Waals surface area (Å²) in [6.45, 7) is 0.873. The van der Waals surface area contributed by atoms with Crippen LogP contribution in [0.4, 0.5) is 34.1 Å². The van der Waals surface area contributed by atoms with Gasteiger partial charge in [0.15, 0.2) is 0 Å². The second-order valence-corrected chi connectivity index (χ2v) is 20.6. The molecule has 0 spiro atoms. The highest BCUT2D eigenvalue weighted by atomic mass is 32.1. The molecule has 0 atom stereocenters. The van der Waals surface area contributed by atoms with E-state index in [1.165, 1.54) is 47.6 Å². The Hall–Kier alpha value is -9.82. The number of thiophene rings is 1. The first-order valence-electron chi connectivity index (χ1n) is 26.0. The van der Waals surface area contributed by atoms with Crippen LogP contribution in [-0.4, -0.2) is 33.0 Å². The van der Waals surface area contributed by atoms with Crippen LogP contribution in [0.3, 0.4) is 0 Å². The van der Waals surface area contributed by atoms with Crippen LogP contribution in [0.25, 0.3) is 86.9 Å². The van der Waals surface area contributed by atoms with Crippen LogP contribution >= 0.6 is 11.3 Å². The van der Waals surface area contributed by atoms with E-state index in [1.54, 1.807) is 0 Å². The highest BCUT2D eigenvalue weighted by molar-refractivity contribution is 7.26. The molecule has 9 aromatic carbocycles. The summed E-state index contributed by atoms with van der Waals surface area (Å²) in [6.07, 6.45) is 10.2. The number of para-hydroxylation sites is 3. The Morgan fingerprint density at radius 2 is 1.00 bits per heavy atom. The van der Waals surface area contributed by atoms with E-state index >= 15 is 0 Å². The number of nitrogens with zero attached hydrogens (tertiary/aromatic N) is 6. The first-order chi connectivity index (χ1) is 38.1. The maximum Gasteiger partial charge on any atom is 0.0701 e. The number of allylic oxidation sites excluding steroid dienone is 2. The molecule has 0 aliphatic carbocycles. The van der Waals surface area contributed by atoms with Gasteiger partial charge in [-0.25, -0.2) is 0 Å². The van der Waals surface area contributed by atoms with Gasteiger partial charge < -0.3 is 19.3 Å². The van der Waals surface area contributed by atoms with Crippen molar-refractivity contribution in [2.45, 2.75) is 0 Å². The minimum absolute atomic E-state index is 0.873. The fourth-order valence-electron chi connectivity index (χ4n) is 11.2. The van der Waals surface area contributed by atoms with Crippen LogP contribution in [0.1, 0.15) is 5.56 Å². The molecule has 77 heavy (non-hydrogen) atoms. The van der Waals surface area contributed by atoms with Crippen molar-refractivity contribution >= 4 is 93.0 Å². The third-order valence-electron chi connectivity index (χ3n) is 14.8. The van der Waals surface area contributed by atoms with E-state index in [9.17, 15) is 0 Å². The SMILES string of the molecule is CN1C=CC=C(c2ccc3sc4ccc5c(c6ccc(N(c7ccccc7)c7ccccc7-c7ccc(N(c8ccccc8)c8ccc(-c9ccccn9)cc8)cc7)cc6n5-c5ccc(-c6ccccn6)cc5)c4c3c2)C1. The van der Waals surface area contributed by atoms with Crippen molar-refractivity contribution in [3.05, 3.63) is 279 Å². The fourth-order valence-corrected chi connectivity index (χ4v) is 12.3. The zero-order valence-corrected chi connectivity index (χ0v) is 43.1. The molecule has 0 saturated carbocycles. The summed E-state index contributed by atoms with van der Waals surface area (Å²) in [5.74, 6) is 0. The third-order valence-corrected chi connectivity index (χ3v) is 16.0. The quantitative estimate of drug-likeness (QED) is 0.129. The lowest BCUT2D eigenvalue weighted by Gasteiger charge is -2.28. The van der Waals surface area contributed by atoms with Crippen LogP contribution in [0.2, 0.25) is 0 Å². The van der Waals surface area contributed by atoms with Crippen LogP contribution in [0.5, 0.6) is 0 Å². The van der Waals surface area contributed by atoms with Crippen molar-refractivity contribution in [2.75, 3.05) is 23.4 Å². The van der Waals surface area contributed by atoms with Crippen LogP contribution in [-0.2, 0) is 0 Å². The van der Waals surface area contributed by atoms with E-state index in [2.05, 4.69) is 267 Å². The van der Waals surface area contributed by atoms with Gasteiger partial charge in [0, 0.05) is 108 Å². The van der Waals surface area contributed by atoms with Gasteiger partial charge in [-0.2, -0.15) is 0 Å². The zero-order chi connectivity index (χ0) is 51.2. The number of benzene rings is 9. The number of rotatable bonds is 11. The summed E-state index contributed by atoms with van der Waals surface area (Å²) < 4.78 is 5.03. The summed E-state index contributed by atoms with van der Waals surface area (Å²) in [5.41, 5.74) is 18.7. The maximum absolute atomic E-state index is 4.68. The number of pyridine rings is 2. The van der Waals surface area contributed by atoms with Gasteiger partial charge in [-0.3, -0.25) is 9.97 Å². The number of fused-ring (bicyclic) bond motifs is 7. The molecule has 6 nitrogen and oxygen atoms in total. The number of likely N-dealkylation sites (N-methyl/N-ethyl adjacent to an activating group) is 1. The van der Waals surface area contributed by atoms with Crippen molar-refractivity contribution in [3.63, 3.8) is 0 Å². The standard InChI is InChI=1S/C70H50N6S/c1-73-44-14-15-52(47-73)51-30-40-67-61(45-51)70-68(77-67)41-39-65-69(70)60-38-37-58(46-66(60)76(65)57-35-28-50(29-36-57)63-22-11-13-43-72-63)75(54-18-6-3-7-19-54)64-23-9-8-20-59(64)48-24-31-55(32-25-48)74(53-16-4-2-5-17-53)56-33-26-49(27-34-56)62-21-10-12-42-71-62/h2-46H,47H2,1H3. The van der Waals surface area contributed by atoms with Gasteiger partial charge in [-0.05, 0) is 156 Å². The van der Waals surface area contributed by atoms with Crippen molar-refractivity contribution in [1.29, 1.82) is 0 Å². The molecule has 1 aliphatic heterocycles. The fraction of sp³-hybridized carbons (Fsp3) is 0.0286. The maximum atomic E-state index is 4.68. The molecule has 0 bridgehead atoms. The van der Waals surface area contributed by atoms with Gasteiger partial charge in [0.25, 0.3) is 0 Å². The van der Waals surface area contributed by atoms with Crippen LogP contribution in [0, 0.1) is 0 Å². The molecule has 0 unspecified atom stereocenters. The molecule has 366 valence electrons. The first-order valence-corrected chi connectivity index (χ1v) is 26.9. The van der Waals surface area contributed by atoms with Gasteiger partial charge in [0.1, 0.15) is 0 Å². The molecule has 0 radical (unpaired) electrons. The molecule has 14 rings (SSSR count). The summed E-state index contributed by atoms with van der Waals surface area (Å²) >= 11 is 1.87. The third kappa shape index (κ3) is 8.40. The van der Waals surface area contributed by atoms with Crippen molar-refractivity contribution in [2.24, 2.45) is 0 Å². The first kappa shape index (κ1) is 45.8. The Morgan fingerprint density at radius 1 is 0.429 bits per heavy atom. The predicted molar refractivity (Wildman–Crippen MR) is 325 cm³/mol. The van der Waals surface area contributed by atoms with Gasteiger partial charge in [0.05, 0.1) is 28.1 Å². The summed E-state index contributed by atoms with van der Waals surface area (Å²) in [4.78, 5) is 16.2. The van der Waals surface area contributed by atoms with Crippen LogP contribution in [0.15, 0.2) is 273 Å². The molecule has 0 amide bonds. The molecule has 0 fully saturated rings. The van der Waals surface area contributed by atoms with E-state index in [0.29, 0.717) is 0 Å². The molecular weight excluding hydrogens is 957 g/mol. The van der Waals surface area contributed by atoms with Gasteiger partial charge in [-0.1, -0.05) is 121 Å². The van der Waals surface area contributed by atoms with Crippen LogP contribution < -0.4 is 9.80 Å². The Bertz CT molecular complexity index is 4340. The molecule has 5 heterocycles. The monoisotopic (exact) mass is 1010 g/mol. The van der Waals surface area contributed by atoms with E-state index in [0.717, 1.165) is 85.5 Å². The Morgan fingerprint density at radius 3 is 1.66 bits per heavy atom. The van der Waals surface area contributed by atoms with E-state index in [4.69, 9.17) is 0 Å². The molecule has 1 aliphatic rings. The van der Waals surface area contributed by atoms with Gasteiger partial charge in [0.2, 0.25) is 0 Å². The highest BCUT2D eigenvalue weighted by Crippen LogP contribution is 2.48. The lowest BCUT2D eigenvalue weighted by atomic mass is 9.99. The smallest absolute Gasteiger partial charge is 0.0701 e. The van der Waals surface area contributed by atoms with Gasteiger partial charge >= 0.3 is 0 Å².